The van der Waals surface area contributed by atoms with Crippen molar-refractivity contribution in [1.29, 1.82) is 0 Å². The Hall–Kier alpha value is -0.890. The smallest absolute Gasteiger partial charge is 0.126 e. The Bertz CT molecular complexity index is 318. The van der Waals surface area contributed by atoms with Gasteiger partial charge < -0.3 is 4.74 Å². The Morgan fingerprint density at radius 2 is 2.00 bits per heavy atom. The van der Waals surface area contributed by atoms with E-state index >= 15 is 0 Å². The zero-order chi connectivity index (χ0) is 10.7. The van der Waals surface area contributed by atoms with Crippen molar-refractivity contribution in [2.45, 2.75) is 33.3 Å². The van der Waals surface area contributed by atoms with Gasteiger partial charge in [-0.2, -0.15) is 0 Å². The first-order valence-electron chi connectivity index (χ1n) is 4.84. The van der Waals surface area contributed by atoms with Gasteiger partial charge in [-0.05, 0) is 35.6 Å². The normalized spacial score (nSPS) is 11.0. The predicted octanol–water partition coefficient (Wildman–Crippen LogP) is 3.40. The van der Waals surface area contributed by atoms with E-state index in [9.17, 15) is 4.39 Å². The van der Waals surface area contributed by atoms with Crippen molar-refractivity contribution in [3.8, 4) is 0 Å². The van der Waals surface area contributed by atoms with Gasteiger partial charge in [-0.25, -0.2) is 4.39 Å². The van der Waals surface area contributed by atoms with Crippen molar-refractivity contribution in [2.24, 2.45) is 0 Å². The topological polar surface area (TPSA) is 9.23 Å². The molecular formula is C12H17FO. The van der Waals surface area contributed by atoms with E-state index in [2.05, 4.69) is 0 Å². The molecule has 0 aromatic heterocycles. The number of hydrogen-bond donors (Lipinski definition) is 0. The maximum Gasteiger partial charge on any atom is 0.126 e. The molecule has 14 heavy (non-hydrogen) atoms. The number of hydrogen-bond acceptors (Lipinski definition) is 1. The van der Waals surface area contributed by atoms with Gasteiger partial charge in [-0.1, -0.05) is 19.9 Å². The van der Waals surface area contributed by atoms with Crippen LogP contribution in [0.2, 0.25) is 0 Å². The van der Waals surface area contributed by atoms with Gasteiger partial charge in [0.25, 0.3) is 0 Å². The van der Waals surface area contributed by atoms with Crippen LogP contribution < -0.4 is 0 Å². The predicted molar refractivity (Wildman–Crippen MR) is 55.9 cm³/mol. The molecule has 1 rings (SSSR count). The molecule has 1 nitrogen and oxygen atoms in total. The summed E-state index contributed by atoms with van der Waals surface area (Å²) in [6, 6.07) is 3.49. The first kappa shape index (κ1) is 11.2. The Morgan fingerprint density at radius 1 is 1.36 bits per heavy atom. The minimum Gasteiger partial charge on any atom is -0.380 e. The number of rotatable bonds is 3. The Kier molecular flexibility index (Phi) is 3.64. The zero-order valence-electron chi connectivity index (χ0n) is 9.23. The molecule has 0 saturated heterocycles. The Morgan fingerprint density at radius 3 is 2.50 bits per heavy atom. The molecule has 0 amide bonds. The average Bonchev–Trinajstić information content (AvgIpc) is 2.09. The number of halogens is 1. The number of benzene rings is 1. The van der Waals surface area contributed by atoms with Crippen LogP contribution in [-0.4, -0.2) is 7.11 Å². The highest BCUT2D eigenvalue weighted by molar-refractivity contribution is 5.33. The van der Waals surface area contributed by atoms with Crippen molar-refractivity contribution < 1.29 is 9.13 Å². The maximum atomic E-state index is 13.5. The largest absolute Gasteiger partial charge is 0.380 e. The lowest BCUT2D eigenvalue weighted by molar-refractivity contribution is 0.184. The molecule has 0 saturated carbocycles. The van der Waals surface area contributed by atoms with Crippen molar-refractivity contribution >= 4 is 0 Å². The molecule has 0 aliphatic carbocycles. The molecule has 0 bridgehead atoms. The van der Waals surface area contributed by atoms with Crippen LogP contribution in [0.3, 0.4) is 0 Å². The van der Waals surface area contributed by atoms with Gasteiger partial charge in [0.1, 0.15) is 5.82 Å². The molecule has 0 radical (unpaired) electrons. The minimum atomic E-state index is -0.114. The lowest BCUT2D eigenvalue weighted by Gasteiger charge is -2.12. The van der Waals surface area contributed by atoms with Gasteiger partial charge in [0, 0.05) is 7.11 Å². The van der Waals surface area contributed by atoms with Gasteiger partial charge in [-0.15, -0.1) is 0 Å². The summed E-state index contributed by atoms with van der Waals surface area (Å²) in [6.07, 6.45) is 0. The third-order valence-corrected chi connectivity index (χ3v) is 2.38. The van der Waals surface area contributed by atoms with Gasteiger partial charge in [-0.3, -0.25) is 0 Å². The zero-order valence-corrected chi connectivity index (χ0v) is 9.23. The highest BCUT2D eigenvalue weighted by atomic mass is 19.1. The fourth-order valence-corrected chi connectivity index (χ4v) is 1.49. The lowest BCUT2D eigenvalue weighted by Crippen LogP contribution is -1.99. The average molecular weight is 196 g/mol. The Balaban J connectivity index is 3.13. The van der Waals surface area contributed by atoms with E-state index in [0.717, 1.165) is 16.7 Å². The molecule has 1 aromatic rings. The summed E-state index contributed by atoms with van der Waals surface area (Å²) in [5, 5.41) is 0. The first-order chi connectivity index (χ1) is 6.56. The molecule has 0 aliphatic heterocycles. The summed E-state index contributed by atoms with van der Waals surface area (Å²) in [5.41, 5.74) is 2.79. The van der Waals surface area contributed by atoms with E-state index in [1.54, 1.807) is 13.2 Å². The molecule has 1 aromatic carbocycles. The van der Waals surface area contributed by atoms with Crippen LogP contribution in [0.5, 0.6) is 0 Å². The fraction of sp³-hybridized carbons (Fsp3) is 0.500. The van der Waals surface area contributed by atoms with Crippen LogP contribution in [0.4, 0.5) is 4.39 Å². The van der Waals surface area contributed by atoms with Crippen molar-refractivity contribution in [3.63, 3.8) is 0 Å². The standard InChI is InChI=1S/C12H17FO/c1-8(2)11-6-10(7-14-4)9(3)5-12(11)13/h5-6,8H,7H2,1-4H3. The number of methoxy groups -OCH3 is 1. The molecular weight excluding hydrogens is 179 g/mol. The third kappa shape index (κ3) is 2.32. The van der Waals surface area contributed by atoms with Crippen LogP contribution in [0, 0.1) is 12.7 Å². The Labute approximate surface area is 84.9 Å². The molecule has 0 unspecified atom stereocenters. The van der Waals surface area contributed by atoms with Crippen LogP contribution in [-0.2, 0) is 11.3 Å². The van der Waals surface area contributed by atoms with E-state index in [1.165, 1.54) is 0 Å². The van der Waals surface area contributed by atoms with Gasteiger partial charge in [0.15, 0.2) is 0 Å². The second-order valence-corrected chi connectivity index (χ2v) is 3.89. The quantitative estimate of drug-likeness (QED) is 0.720. The summed E-state index contributed by atoms with van der Waals surface area (Å²) in [7, 11) is 1.65. The molecule has 0 N–H and O–H groups in total. The van der Waals surface area contributed by atoms with Gasteiger partial charge >= 0.3 is 0 Å². The first-order valence-corrected chi connectivity index (χ1v) is 4.84. The van der Waals surface area contributed by atoms with E-state index in [0.29, 0.717) is 6.61 Å². The highest BCUT2D eigenvalue weighted by Gasteiger charge is 2.09. The molecule has 78 valence electrons. The molecule has 0 atom stereocenters. The molecule has 0 heterocycles. The van der Waals surface area contributed by atoms with E-state index in [-0.39, 0.29) is 11.7 Å². The highest BCUT2D eigenvalue weighted by Crippen LogP contribution is 2.22. The van der Waals surface area contributed by atoms with E-state index in [1.807, 2.05) is 26.8 Å². The van der Waals surface area contributed by atoms with Crippen molar-refractivity contribution in [2.75, 3.05) is 7.11 Å². The summed E-state index contributed by atoms with van der Waals surface area (Å²) >= 11 is 0. The maximum absolute atomic E-state index is 13.5. The molecule has 0 fully saturated rings. The number of ether oxygens (including phenoxy) is 1. The van der Waals surface area contributed by atoms with Gasteiger partial charge in [0.2, 0.25) is 0 Å². The third-order valence-electron chi connectivity index (χ3n) is 2.38. The van der Waals surface area contributed by atoms with E-state index < -0.39 is 0 Å². The van der Waals surface area contributed by atoms with Crippen LogP contribution >= 0.6 is 0 Å². The summed E-state index contributed by atoms with van der Waals surface area (Å²) in [5.74, 6) is 0.101. The summed E-state index contributed by atoms with van der Waals surface area (Å²) in [6.45, 7) is 6.43. The van der Waals surface area contributed by atoms with Gasteiger partial charge in [0.05, 0.1) is 6.61 Å². The minimum absolute atomic E-state index is 0.114. The summed E-state index contributed by atoms with van der Waals surface area (Å²) in [4.78, 5) is 0. The molecule has 0 spiro atoms. The number of aryl methyl sites for hydroxylation is 1. The SMILES string of the molecule is COCc1cc(C(C)C)c(F)cc1C. The van der Waals surface area contributed by atoms with Crippen LogP contribution in [0.25, 0.3) is 0 Å². The molecule has 0 aliphatic rings. The van der Waals surface area contributed by atoms with E-state index in [4.69, 9.17) is 4.74 Å². The monoisotopic (exact) mass is 196 g/mol. The molecule has 2 heteroatoms. The van der Waals surface area contributed by atoms with Crippen LogP contribution in [0.15, 0.2) is 12.1 Å². The lowest BCUT2D eigenvalue weighted by atomic mass is 9.97. The second-order valence-electron chi connectivity index (χ2n) is 3.89. The summed E-state index contributed by atoms with van der Waals surface area (Å²) < 4.78 is 18.5. The fourth-order valence-electron chi connectivity index (χ4n) is 1.49. The second kappa shape index (κ2) is 4.56. The van der Waals surface area contributed by atoms with Crippen molar-refractivity contribution in [1.82, 2.24) is 0 Å². The van der Waals surface area contributed by atoms with Crippen molar-refractivity contribution in [3.05, 3.63) is 34.6 Å². The van der Waals surface area contributed by atoms with Crippen LogP contribution in [0.1, 0.15) is 36.5 Å².